The Morgan fingerprint density at radius 2 is 2.10 bits per heavy atom. The van der Waals surface area contributed by atoms with Crippen LogP contribution >= 0.6 is 0 Å². The van der Waals surface area contributed by atoms with E-state index < -0.39 is 16.7 Å². The fourth-order valence-corrected chi connectivity index (χ4v) is 1.84. The molecule has 1 aromatic carbocycles. The SMILES string of the molecule is CC(=O)OCCn1c([N+](=O)[O-])cnc1-c1ccc(F)cc1. The van der Waals surface area contributed by atoms with Crippen LogP contribution in [0.1, 0.15) is 6.92 Å². The summed E-state index contributed by atoms with van der Waals surface area (Å²) < 4.78 is 19.0. The molecule has 0 spiro atoms. The number of imidazole rings is 1. The topological polar surface area (TPSA) is 87.3 Å². The number of ether oxygens (including phenoxy) is 1. The lowest BCUT2D eigenvalue weighted by Gasteiger charge is -2.05. The third kappa shape index (κ3) is 3.41. The molecule has 0 amide bonds. The van der Waals surface area contributed by atoms with Crippen LogP contribution < -0.4 is 0 Å². The first kappa shape index (κ1) is 14.6. The summed E-state index contributed by atoms with van der Waals surface area (Å²) in [5.41, 5.74) is 0.535. The maximum Gasteiger partial charge on any atom is 0.343 e. The molecule has 0 saturated heterocycles. The number of carbonyl (C=O) groups excluding carboxylic acids is 1. The lowest BCUT2D eigenvalue weighted by atomic mass is 10.2. The van der Waals surface area contributed by atoms with Crippen LogP contribution in [-0.4, -0.2) is 27.1 Å². The van der Waals surface area contributed by atoms with Gasteiger partial charge in [-0.05, 0) is 29.2 Å². The van der Waals surface area contributed by atoms with E-state index in [1.54, 1.807) is 0 Å². The largest absolute Gasteiger partial charge is 0.462 e. The molecule has 21 heavy (non-hydrogen) atoms. The minimum atomic E-state index is -0.576. The maximum atomic E-state index is 12.9. The van der Waals surface area contributed by atoms with Crippen molar-refractivity contribution >= 4 is 11.8 Å². The fourth-order valence-electron chi connectivity index (χ4n) is 1.84. The summed E-state index contributed by atoms with van der Waals surface area (Å²) in [5, 5.41) is 11.0. The Morgan fingerprint density at radius 3 is 2.67 bits per heavy atom. The van der Waals surface area contributed by atoms with Crippen LogP contribution in [0.3, 0.4) is 0 Å². The maximum absolute atomic E-state index is 12.9. The number of rotatable bonds is 5. The second kappa shape index (κ2) is 6.12. The van der Waals surface area contributed by atoms with E-state index in [-0.39, 0.29) is 19.0 Å². The monoisotopic (exact) mass is 293 g/mol. The first-order chi connectivity index (χ1) is 9.99. The van der Waals surface area contributed by atoms with Crippen molar-refractivity contribution in [2.45, 2.75) is 13.5 Å². The number of aromatic nitrogens is 2. The predicted octanol–water partition coefficient (Wildman–Crippen LogP) is 2.16. The van der Waals surface area contributed by atoms with E-state index in [4.69, 9.17) is 4.74 Å². The van der Waals surface area contributed by atoms with Crippen molar-refractivity contribution < 1.29 is 18.8 Å². The summed E-state index contributed by atoms with van der Waals surface area (Å²) >= 11 is 0. The highest BCUT2D eigenvalue weighted by atomic mass is 19.1. The first-order valence-electron chi connectivity index (χ1n) is 6.08. The van der Waals surface area contributed by atoms with Crippen LogP contribution in [0.15, 0.2) is 30.5 Å². The summed E-state index contributed by atoms with van der Waals surface area (Å²) in [6.45, 7) is 1.33. The molecule has 7 nitrogen and oxygen atoms in total. The molecule has 0 N–H and O–H groups in total. The van der Waals surface area contributed by atoms with E-state index in [0.717, 1.165) is 6.20 Å². The van der Waals surface area contributed by atoms with E-state index in [9.17, 15) is 19.3 Å². The van der Waals surface area contributed by atoms with Crippen LogP contribution in [0.5, 0.6) is 0 Å². The first-order valence-corrected chi connectivity index (χ1v) is 6.08. The normalized spacial score (nSPS) is 10.4. The molecular weight excluding hydrogens is 281 g/mol. The third-order valence-corrected chi connectivity index (χ3v) is 2.74. The molecule has 0 aliphatic carbocycles. The van der Waals surface area contributed by atoms with Gasteiger partial charge in [-0.3, -0.25) is 4.79 Å². The summed E-state index contributed by atoms with van der Waals surface area (Å²) in [6, 6.07) is 5.44. The highest BCUT2D eigenvalue weighted by Gasteiger charge is 2.21. The third-order valence-electron chi connectivity index (χ3n) is 2.74. The van der Waals surface area contributed by atoms with Crippen LogP contribution in [0.4, 0.5) is 10.2 Å². The van der Waals surface area contributed by atoms with Gasteiger partial charge in [-0.2, -0.15) is 0 Å². The van der Waals surface area contributed by atoms with E-state index in [2.05, 4.69) is 4.98 Å². The fraction of sp³-hybridized carbons (Fsp3) is 0.231. The number of hydrogen-bond acceptors (Lipinski definition) is 5. The van der Waals surface area contributed by atoms with Gasteiger partial charge in [0.05, 0.1) is 0 Å². The molecule has 0 aliphatic rings. The minimum Gasteiger partial charge on any atom is -0.462 e. The molecule has 0 unspecified atom stereocenters. The lowest BCUT2D eigenvalue weighted by molar-refractivity contribution is -0.392. The van der Waals surface area contributed by atoms with Gasteiger partial charge in [-0.25, -0.2) is 13.9 Å². The van der Waals surface area contributed by atoms with Gasteiger partial charge >= 0.3 is 11.8 Å². The highest BCUT2D eigenvalue weighted by molar-refractivity contribution is 5.65. The molecule has 0 aliphatic heterocycles. The molecular formula is C13H12FN3O4. The van der Waals surface area contributed by atoms with Gasteiger partial charge in [0, 0.05) is 12.5 Å². The summed E-state index contributed by atoms with van der Waals surface area (Å²) in [5.74, 6) is -0.789. The molecule has 1 aromatic heterocycles. The molecule has 0 bridgehead atoms. The zero-order valence-corrected chi connectivity index (χ0v) is 11.2. The Labute approximate surface area is 119 Å². The van der Waals surface area contributed by atoms with Crippen LogP contribution in [0.25, 0.3) is 11.4 Å². The highest BCUT2D eigenvalue weighted by Crippen LogP contribution is 2.24. The number of nitro groups is 1. The number of hydrogen-bond donors (Lipinski definition) is 0. The zero-order valence-electron chi connectivity index (χ0n) is 11.2. The Hall–Kier alpha value is -2.77. The molecule has 0 saturated carbocycles. The zero-order chi connectivity index (χ0) is 15.4. The van der Waals surface area contributed by atoms with Crippen LogP contribution in [0, 0.1) is 15.9 Å². The van der Waals surface area contributed by atoms with Crippen LogP contribution in [0.2, 0.25) is 0 Å². The van der Waals surface area contributed by atoms with Crippen molar-refractivity contribution in [1.29, 1.82) is 0 Å². The summed E-state index contributed by atoms with van der Waals surface area (Å²) in [4.78, 5) is 25.2. The van der Waals surface area contributed by atoms with E-state index in [1.807, 2.05) is 0 Å². The molecule has 2 rings (SSSR count). The number of benzene rings is 1. The van der Waals surface area contributed by atoms with Gasteiger partial charge in [-0.15, -0.1) is 0 Å². The molecule has 0 fully saturated rings. The molecule has 2 aromatic rings. The second-order valence-electron chi connectivity index (χ2n) is 4.20. The van der Waals surface area contributed by atoms with Crippen molar-refractivity contribution in [3.63, 3.8) is 0 Å². The Balaban J connectivity index is 2.34. The van der Waals surface area contributed by atoms with Crippen molar-refractivity contribution in [2.24, 2.45) is 0 Å². The van der Waals surface area contributed by atoms with Crippen molar-refractivity contribution in [2.75, 3.05) is 6.61 Å². The van der Waals surface area contributed by atoms with Crippen molar-refractivity contribution in [1.82, 2.24) is 9.55 Å². The lowest BCUT2D eigenvalue weighted by Crippen LogP contribution is -2.12. The number of nitrogens with zero attached hydrogens (tertiary/aromatic N) is 3. The smallest absolute Gasteiger partial charge is 0.343 e. The summed E-state index contributed by atoms with van der Waals surface area (Å²) in [6.07, 6.45) is 1.12. The standard InChI is InChI=1S/C13H12FN3O4/c1-9(18)21-7-6-16-12(17(19)20)8-15-13(16)10-2-4-11(14)5-3-10/h2-5,8H,6-7H2,1H3. The number of halogens is 1. The van der Waals surface area contributed by atoms with E-state index >= 15 is 0 Å². The van der Waals surface area contributed by atoms with Gasteiger partial charge in [0.2, 0.25) is 5.82 Å². The Bertz CT molecular complexity index is 667. The molecule has 1 heterocycles. The number of carbonyl (C=O) groups is 1. The average molecular weight is 293 g/mol. The quantitative estimate of drug-likeness (QED) is 0.479. The van der Waals surface area contributed by atoms with Crippen molar-refractivity contribution in [3.05, 3.63) is 46.4 Å². The van der Waals surface area contributed by atoms with Gasteiger partial charge in [0.25, 0.3) is 0 Å². The van der Waals surface area contributed by atoms with Gasteiger partial charge in [0.15, 0.2) is 0 Å². The molecule has 8 heteroatoms. The van der Waals surface area contributed by atoms with Gasteiger partial charge in [-0.1, -0.05) is 0 Å². The van der Waals surface area contributed by atoms with E-state index in [1.165, 1.54) is 35.8 Å². The van der Waals surface area contributed by atoms with Gasteiger partial charge < -0.3 is 14.9 Å². The van der Waals surface area contributed by atoms with Crippen LogP contribution in [-0.2, 0) is 16.1 Å². The number of esters is 1. The Morgan fingerprint density at radius 1 is 1.43 bits per heavy atom. The predicted molar refractivity (Wildman–Crippen MR) is 70.9 cm³/mol. The minimum absolute atomic E-state index is 0.0132. The second-order valence-corrected chi connectivity index (χ2v) is 4.20. The molecule has 0 radical (unpaired) electrons. The molecule has 110 valence electrons. The van der Waals surface area contributed by atoms with E-state index in [0.29, 0.717) is 11.4 Å². The summed E-state index contributed by atoms with van der Waals surface area (Å²) in [7, 11) is 0. The van der Waals surface area contributed by atoms with Gasteiger partial charge in [0.1, 0.15) is 25.2 Å². The van der Waals surface area contributed by atoms with Crippen molar-refractivity contribution in [3.8, 4) is 11.4 Å². The Kier molecular flexibility index (Phi) is 4.27. The average Bonchev–Trinajstić information content (AvgIpc) is 2.83. The molecule has 0 atom stereocenters.